The van der Waals surface area contributed by atoms with Crippen LogP contribution in [0.2, 0.25) is 0 Å². The van der Waals surface area contributed by atoms with Crippen molar-refractivity contribution in [3.05, 3.63) is 82.9 Å². The molecule has 1 amide bonds. The summed E-state index contributed by atoms with van der Waals surface area (Å²) in [5.41, 5.74) is 7.01. The number of rotatable bonds is 5. The van der Waals surface area contributed by atoms with Gasteiger partial charge in [-0.05, 0) is 97.0 Å². The van der Waals surface area contributed by atoms with Crippen LogP contribution in [-0.4, -0.2) is 11.0 Å². The Morgan fingerprint density at radius 3 is 2.24 bits per heavy atom. The minimum Gasteiger partial charge on any atom is -0.508 e. The molecule has 2 N–H and O–H groups in total. The van der Waals surface area contributed by atoms with E-state index in [4.69, 9.17) is 0 Å². The molecule has 0 heterocycles. The Balaban J connectivity index is 1.35. The van der Waals surface area contributed by atoms with Gasteiger partial charge in [0.15, 0.2) is 0 Å². The number of carbonyl (C=O) groups excluding carboxylic acids is 1. The summed E-state index contributed by atoms with van der Waals surface area (Å²) in [7, 11) is 0. The molecule has 3 heteroatoms. The molecule has 170 valence electrons. The van der Waals surface area contributed by atoms with Crippen molar-refractivity contribution >= 4 is 11.6 Å². The molecule has 33 heavy (non-hydrogen) atoms. The summed E-state index contributed by atoms with van der Waals surface area (Å²) < 4.78 is 0. The van der Waals surface area contributed by atoms with E-state index in [0.29, 0.717) is 5.92 Å². The third kappa shape index (κ3) is 4.29. The average molecular weight is 440 g/mol. The summed E-state index contributed by atoms with van der Waals surface area (Å²) in [6.45, 7) is 3.99. The average Bonchev–Trinajstić information content (AvgIpc) is 3.65. The predicted octanol–water partition coefficient (Wildman–Crippen LogP) is 7.39. The van der Waals surface area contributed by atoms with E-state index in [0.717, 1.165) is 35.2 Å². The van der Waals surface area contributed by atoms with Crippen LogP contribution in [0.4, 0.5) is 5.69 Å². The highest BCUT2D eigenvalue weighted by Crippen LogP contribution is 2.50. The fraction of sp³-hybridized carbons (Fsp3) is 0.367. The quantitative estimate of drug-likeness (QED) is 0.435. The molecular weight excluding hydrogens is 406 g/mol. The van der Waals surface area contributed by atoms with Crippen molar-refractivity contribution in [2.24, 2.45) is 0 Å². The number of phenolic OH excluding ortho intramolecular Hbond substituents is 1. The number of hydrogen-bond acceptors (Lipinski definition) is 2. The van der Waals surface area contributed by atoms with E-state index < -0.39 is 5.41 Å². The molecule has 0 bridgehead atoms. The first kappa shape index (κ1) is 21.8. The van der Waals surface area contributed by atoms with E-state index in [1.54, 1.807) is 6.07 Å². The Hall–Kier alpha value is -3.07. The van der Waals surface area contributed by atoms with Gasteiger partial charge >= 0.3 is 0 Å². The first-order valence-electron chi connectivity index (χ1n) is 12.3. The lowest BCUT2D eigenvalue weighted by Crippen LogP contribution is -2.27. The van der Waals surface area contributed by atoms with Gasteiger partial charge in [0.2, 0.25) is 5.91 Å². The van der Waals surface area contributed by atoms with Crippen molar-refractivity contribution in [2.45, 2.75) is 70.1 Å². The standard InChI is InChI=1S/C30H33NO2/c1-20-9-15-26(31-29(33)30(16-17-30)25-14-8-21(2)28(32)18-25)19-27(20)24-12-10-23(11-13-24)22-6-4-3-5-7-22/h8-15,18-19,22,32H,3-7,16-17H2,1-2H3,(H,31,33). The first-order valence-corrected chi connectivity index (χ1v) is 12.3. The summed E-state index contributed by atoms with van der Waals surface area (Å²) in [6, 6.07) is 20.8. The summed E-state index contributed by atoms with van der Waals surface area (Å²) in [5.74, 6) is 0.963. The van der Waals surface area contributed by atoms with Crippen molar-refractivity contribution in [1.29, 1.82) is 0 Å². The van der Waals surface area contributed by atoms with Crippen LogP contribution >= 0.6 is 0 Å². The van der Waals surface area contributed by atoms with Gasteiger partial charge in [-0.25, -0.2) is 0 Å². The monoisotopic (exact) mass is 439 g/mol. The van der Waals surface area contributed by atoms with Crippen LogP contribution in [0, 0.1) is 13.8 Å². The predicted molar refractivity (Wildman–Crippen MR) is 135 cm³/mol. The molecule has 0 aromatic heterocycles. The number of amides is 1. The summed E-state index contributed by atoms with van der Waals surface area (Å²) >= 11 is 0. The van der Waals surface area contributed by atoms with Gasteiger partial charge in [0.1, 0.15) is 5.75 Å². The largest absolute Gasteiger partial charge is 0.508 e. The molecular formula is C30H33NO2. The second kappa shape index (κ2) is 8.70. The molecule has 2 aliphatic carbocycles. The third-order valence-corrected chi connectivity index (χ3v) is 7.74. The molecule has 0 spiro atoms. The summed E-state index contributed by atoms with van der Waals surface area (Å²) in [4.78, 5) is 13.3. The zero-order chi connectivity index (χ0) is 23.0. The minimum atomic E-state index is -0.530. The van der Waals surface area contributed by atoms with E-state index in [1.807, 2.05) is 25.1 Å². The first-order chi connectivity index (χ1) is 16.0. The number of benzene rings is 3. The van der Waals surface area contributed by atoms with Crippen molar-refractivity contribution < 1.29 is 9.90 Å². The van der Waals surface area contributed by atoms with Crippen LogP contribution in [0.3, 0.4) is 0 Å². The van der Waals surface area contributed by atoms with Gasteiger partial charge in [-0.3, -0.25) is 4.79 Å². The molecule has 3 aromatic carbocycles. The molecule has 0 saturated heterocycles. The number of carbonyl (C=O) groups is 1. The van der Waals surface area contributed by atoms with E-state index in [9.17, 15) is 9.90 Å². The molecule has 0 unspecified atom stereocenters. The van der Waals surface area contributed by atoms with Crippen LogP contribution in [0.25, 0.3) is 11.1 Å². The van der Waals surface area contributed by atoms with Gasteiger partial charge in [0.05, 0.1) is 5.41 Å². The second-order valence-corrected chi connectivity index (χ2v) is 10.0. The van der Waals surface area contributed by atoms with E-state index in [1.165, 1.54) is 48.8 Å². The molecule has 2 aliphatic rings. The number of phenols is 1. The Bertz CT molecular complexity index is 1170. The fourth-order valence-electron chi connectivity index (χ4n) is 5.31. The lowest BCUT2D eigenvalue weighted by Gasteiger charge is -2.22. The van der Waals surface area contributed by atoms with Crippen LogP contribution in [0.15, 0.2) is 60.7 Å². The highest BCUT2D eigenvalue weighted by Gasteiger charge is 2.51. The Labute approximate surface area is 196 Å². The van der Waals surface area contributed by atoms with Gasteiger partial charge < -0.3 is 10.4 Å². The van der Waals surface area contributed by atoms with Crippen LogP contribution in [0.5, 0.6) is 5.75 Å². The summed E-state index contributed by atoms with van der Waals surface area (Å²) in [6.07, 6.45) is 8.29. The Kier molecular flexibility index (Phi) is 5.74. The Morgan fingerprint density at radius 1 is 0.879 bits per heavy atom. The molecule has 0 atom stereocenters. The molecule has 2 fully saturated rings. The minimum absolute atomic E-state index is 0.00759. The third-order valence-electron chi connectivity index (χ3n) is 7.74. The second-order valence-electron chi connectivity index (χ2n) is 10.0. The maximum Gasteiger partial charge on any atom is 0.235 e. The Morgan fingerprint density at radius 2 is 1.58 bits per heavy atom. The lowest BCUT2D eigenvalue weighted by molar-refractivity contribution is -0.118. The van der Waals surface area contributed by atoms with Crippen molar-refractivity contribution in [2.75, 3.05) is 5.32 Å². The topological polar surface area (TPSA) is 49.3 Å². The maximum absolute atomic E-state index is 13.3. The van der Waals surface area contributed by atoms with Gasteiger partial charge in [-0.2, -0.15) is 0 Å². The number of aromatic hydroxyl groups is 1. The van der Waals surface area contributed by atoms with E-state index in [-0.39, 0.29) is 11.7 Å². The van der Waals surface area contributed by atoms with Crippen LogP contribution in [0.1, 0.15) is 73.1 Å². The molecule has 3 aromatic rings. The van der Waals surface area contributed by atoms with Gasteiger partial charge in [-0.1, -0.05) is 61.7 Å². The van der Waals surface area contributed by atoms with Crippen molar-refractivity contribution in [3.63, 3.8) is 0 Å². The zero-order valence-electron chi connectivity index (χ0n) is 19.7. The van der Waals surface area contributed by atoms with Crippen molar-refractivity contribution in [3.8, 4) is 16.9 Å². The smallest absolute Gasteiger partial charge is 0.235 e. The molecule has 0 radical (unpaired) electrons. The normalized spacial score (nSPS) is 17.5. The molecule has 2 saturated carbocycles. The summed E-state index contributed by atoms with van der Waals surface area (Å²) in [5, 5.41) is 13.3. The number of anilines is 1. The highest BCUT2D eigenvalue weighted by molar-refractivity contribution is 6.02. The van der Waals surface area contributed by atoms with Gasteiger partial charge in [-0.15, -0.1) is 0 Å². The molecule has 5 rings (SSSR count). The van der Waals surface area contributed by atoms with E-state index in [2.05, 4.69) is 48.6 Å². The molecule has 0 aliphatic heterocycles. The number of hydrogen-bond donors (Lipinski definition) is 2. The molecule has 3 nitrogen and oxygen atoms in total. The highest BCUT2D eigenvalue weighted by atomic mass is 16.3. The van der Waals surface area contributed by atoms with Crippen LogP contribution < -0.4 is 5.32 Å². The van der Waals surface area contributed by atoms with Gasteiger partial charge in [0, 0.05) is 5.69 Å². The fourth-order valence-corrected chi connectivity index (χ4v) is 5.31. The zero-order valence-corrected chi connectivity index (χ0v) is 19.7. The number of aryl methyl sites for hydroxylation is 2. The van der Waals surface area contributed by atoms with Gasteiger partial charge in [0.25, 0.3) is 0 Å². The van der Waals surface area contributed by atoms with Crippen molar-refractivity contribution in [1.82, 2.24) is 0 Å². The van der Waals surface area contributed by atoms with E-state index >= 15 is 0 Å². The maximum atomic E-state index is 13.3. The SMILES string of the molecule is Cc1ccc(C2(C(=O)Nc3ccc(C)c(-c4ccc(C5CCCCC5)cc4)c3)CC2)cc1O. The number of nitrogens with one attached hydrogen (secondary N) is 1. The van der Waals surface area contributed by atoms with Crippen LogP contribution in [-0.2, 0) is 10.2 Å². The lowest BCUT2D eigenvalue weighted by atomic mass is 9.83.